The maximum Gasteiger partial charge on any atom is 0.220 e. The average Bonchev–Trinajstić information content (AvgIpc) is 3.27. The summed E-state index contributed by atoms with van der Waals surface area (Å²) in [5, 5.41) is 7.78. The van der Waals surface area contributed by atoms with Crippen LogP contribution in [-0.2, 0) is 16.6 Å². The first-order valence-electron chi connectivity index (χ1n) is 9.44. The number of nitrogens with one attached hydrogen (secondary N) is 1. The third-order valence-electron chi connectivity index (χ3n) is 6.62. The van der Waals surface area contributed by atoms with Gasteiger partial charge < -0.3 is 10.1 Å². The van der Waals surface area contributed by atoms with Gasteiger partial charge >= 0.3 is 0 Å². The largest absolute Gasteiger partial charge is 0.371 e. The second-order valence-electron chi connectivity index (χ2n) is 8.10. The fourth-order valence-electron chi connectivity index (χ4n) is 5.35. The molecule has 2 heterocycles. The molecule has 1 N–H and O–H groups in total. The Labute approximate surface area is 144 Å². The van der Waals surface area contributed by atoms with Crippen LogP contribution in [0.25, 0.3) is 0 Å². The van der Waals surface area contributed by atoms with Crippen molar-refractivity contribution < 1.29 is 9.53 Å². The SMILES string of the molecule is Cc1nn(C)c(C)c1[C@H]1OCC[C@@H]1NC(=O)CC1CC2CCC1C2. The van der Waals surface area contributed by atoms with Gasteiger partial charge in [-0.3, -0.25) is 9.48 Å². The van der Waals surface area contributed by atoms with Crippen molar-refractivity contribution in [1.29, 1.82) is 0 Å². The minimum Gasteiger partial charge on any atom is -0.371 e. The lowest BCUT2D eigenvalue weighted by Gasteiger charge is -2.24. The van der Waals surface area contributed by atoms with Crippen LogP contribution in [0.5, 0.6) is 0 Å². The number of ether oxygens (including phenoxy) is 1. The van der Waals surface area contributed by atoms with Gasteiger partial charge in [0.15, 0.2) is 0 Å². The van der Waals surface area contributed by atoms with Gasteiger partial charge in [0.25, 0.3) is 0 Å². The Morgan fingerprint density at radius 2 is 2.12 bits per heavy atom. The summed E-state index contributed by atoms with van der Waals surface area (Å²) in [6.45, 7) is 4.81. The van der Waals surface area contributed by atoms with Gasteiger partial charge in [0.2, 0.25) is 5.91 Å². The second kappa shape index (κ2) is 6.17. The van der Waals surface area contributed by atoms with Crippen molar-refractivity contribution in [1.82, 2.24) is 15.1 Å². The molecule has 0 radical (unpaired) electrons. The van der Waals surface area contributed by atoms with E-state index in [0.717, 1.165) is 35.2 Å². The molecule has 5 atom stereocenters. The molecular formula is C19H29N3O2. The monoisotopic (exact) mass is 331 g/mol. The Kier molecular flexibility index (Phi) is 4.15. The Bertz CT molecular complexity index is 639. The molecule has 24 heavy (non-hydrogen) atoms. The van der Waals surface area contributed by atoms with Crippen LogP contribution in [0.4, 0.5) is 0 Å². The Hall–Kier alpha value is -1.36. The summed E-state index contributed by atoms with van der Waals surface area (Å²) in [6, 6.07) is 0.0812. The number of aryl methyl sites for hydroxylation is 2. The minimum atomic E-state index is -0.0531. The highest BCUT2D eigenvalue weighted by molar-refractivity contribution is 5.76. The van der Waals surface area contributed by atoms with Crippen molar-refractivity contribution in [3.05, 3.63) is 17.0 Å². The number of carbonyl (C=O) groups excluding carboxylic acids is 1. The number of rotatable bonds is 4. The van der Waals surface area contributed by atoms with Gasteiger partial charge in [-0.1, -0.05) is 6.42 Å². The van der Waals surface area contributed by atoms with Gasteiger partial charge in [-0.2, -0.15) is 5.10 Å². The van der Waals surface area contributed by atoms with E-state index in [9.17, 15) is 4.79 Å². The zero-order valence-electron chi connectivity index (χ0n) is 15.0. The molecular weight excluding hydrogens is 302 g/mol. The van der Waals surface area contributed by atoms with E-state index in [0.29, 0.717) is 18.9 Å². The van der Waals surface area contributed by atoms with Gasteiger partial charge in [-0.25, -0.2) is 0 Å². The van der Waals surface area contributed by atoms with Gasteiger partial charge in [0.1, 0.15) is 6.10 Å². The van der Waals surface area contributed by atoms with Crippen molar-refractivity contribution in [2.75, 3.05) is 6.61 Å². The van der Waals surface area contributed by atoms with E-state index in [4.69, 9.17) is 4.74 Å². The Morgan fingerprint density at radius 1 is 1.29 bits per heavy atom. The molecule has 0 spiro atoms. The highest BCUT2D eigenvalue weighted by Gasteiger charge is 2.41. The van der Waals surface area contributed by atoms with Crippen LogP contribution in [0.3, 0.4) is 0 Å². The molecule has 1 aromatic rings. The third kappa shape index (κ3) is 2.77. The van der Waals surface area contributed by atoms with Crippen LogP contribution in [0.15, 0.2) is 0 Å². The van der Waals surface area contributed by atoms with Crippen LogP contribution >= 0.6 is 0 Å². The summed E-state index contributed by atoms with van der Waals surface area (Å²) < 4.78 is 7.88. The summed E-state index contributed by atoms with van der Waals surface area (Å²) >= 11 is 0. The molecule has 1 amide bonds. The van der Waals surface area contributed by atoms with Crippen molar-refractivity contribution >= 4 is 5.91 Å². The molecule has 4 rings (SSSR count). The molecule has 132 valence electrons. The fourth-order valence-corrected chi connectivity index (χ4v) is 5.35. The molecule has 2 saturated carbocycles. The molecule has 1 saturated heterocycles. The van der Waals surface area contributed by atoms with Gasteiger partial charge in [0.05, 0.1) is 11.7 Å². The third-order valence-corrected chi connectivity index (χ3v) is 6.62. The molecule has 3 fully saturated rings. The molecule has 0 aromatic carbocycles. The van der Waals surface area contributed by atoms with E-state index < -0.39 is 0 Å². The first-order valence-corrected chi connectivity index (χ1v) is 9.44. The normalized spacial score (nSPS) is 34.9. The number of hydrogen-bond acceptors (Lipinski definition) is 3. The molecule has 3 unspecified atom stereocenters. The van der Waals surface area contributed by atoms with E-state index in [-0.39, 0.29) is 18.1 Å². The number of fused-ring (bicyclic) bond motifs is 2. The summed E-state index contributed by atoms with van der Waals surface area (Å²) in [7, 11) is 1.96. The fraction of sp³-hybridized carbons (Fsp3) is 0.789. The molecule has 3 aliphatic rings. The number of nitrogens with zero attached hydrogens (tertiary/aromatic N) is 2. The van der Waals surface area contributed by atoms with E-state index in [1.54, 1.807) is 0 Å². The maximum atomic E-state index is 12.6. The lowest BCUT2D eigenvalue weighted by atomic mass is 9.86. The summed E-state index contributed by atoms with van der Waals surface area (Å²) in [4.78, 5) is 12.6. The molecule has 5 nitrogen and oxygen atoms in total. The molecule has 2 bridgehead atoms. The van der Waals surface area contributed by atoms with Crippen LogP contribution < -0.4 is 5.32 Å². The van der Waals surface area contributed by atoms with E-state index >= 15 is 0 Å². The quantitative estimate of drug-likeness (QED) is 0.923. The first-order chi connectivity index (χ1) is 11.5. The summed E-state index contributed by atoms with van der Waals surface area (Å²) in [6.07, 6.45) is 6.90. The second-order valence-corrected chi connectivity index (χ2v) is 8.10. The van der Waals surface area contributed by atoms with Crippen molar-refractivity contribution in [2.45, 2.75) is 64.5 Å². The zero-order valence-corrected chi connectivity index (χ0v) is 15.0. The highest BCUT2D eigenvalue weighted by Crippen LogP contribution is 2.49. The van der Waals surface area contributed by atoms with Crippen LogP contribution in [0.2, 0.25) is 0 Å². The number of hydrogen-bond donors (Lipinski definition) is 1. The topological polar surface area (TPSA) is 56.1 Å². The summed E-state index contributed by atoms with van der Waals surface area (Å²) in [5.74, 6) is 2.54. The van der Waals surface area contributed by atoms with Gasteiger partial charge in [-0.05, 0) is 57.3 Å². The summed E-state index contributed by atoms with van der Waals surface area (Å²) in [5.41, 5.74) is 3.29. The van der Waals surface area contributed by atoms with E-state index in [1.165, 1.54) is 25.7 Å². The number of carbonyl (C=O) groups is 1. The minimum absolute atomic E-state index is 0.0531. The Balaban J connectivity index is 1.41. The van der Waals surface area contributed by atoms with E-state index in [2.05, 4.69) is 17.3 Å². The van der Waals surface area contributed by atoms with Crippen LogP contribution in [0.1, 0.15) is 61.6 Å². The van der Waals surface area contributed by atoms with Crippen LogP contribution in [0, 0.1) is 31.6 Å². The molecule has 1 aliphatic heterocycles. The predicted octanol–water partition coefficient (Wildman–Crippen LogP) is 2.81. The van der Waals surface area contributed by atoms with Crippen molar-refractivity contribution in [2.24, 2.45) is 24.8 Å². The zero-order chi connectivity index (χ0) is 16.8. The highest BCUT2D eigenvalue weighted by atomic mass is 16.5. The van der Waals surface area contributed by atoms with Crippen molar-refractivity contribution in [3.63, 3.8) is 0 Å². The van der Waals surface area contributed by atoms with Gasteiger partial charge in [-0.15, -0.1) is 0 Å². The smallest absolute Gasteiger partial charge is 0.220 e. The average molecular weight is 331 g/mol. The molecule has 2 aliphatic carbocycles. The van der Waals surface area contributed by atoms with E-state index in [1.807, 2.05) is 18.7 Å². The standard InChI is InChI=1S/C19H29N3O2/c1-11-18(12(2)22(3)21-11)19-16(6-7-24-19)20-17(23)10-15-9-13-4-5-14(15)8-13/h13-16,19H,4-10H2,1-3H3,(H,20,23)/t13?,14?,15?,16-,19-/m0/s1. The molecule has 5 heteroatoms. The van der Waals surface area contributed by atoms with Gasteiger partial charge in [0, 0.05) is 31.3 Å². The number of aromatic nitrogens is 2. The lowest BCUT2D eigenvalue weighted by molar-refractivity contribution is -0.123. The lowest BCUT2D eigenvalue weighted by Crippen LogP contribution is -2.38. The maximum absolute atomic E-state index is 12.6. The van der Waals surface area contributed by atoms with Crippen LogP contribution in [-0.4, -0.2) is 28.3 Å². The van der Waals surface area contributed by atoms with Crippen molar-refractivity contribution in [3.8, 4) is 0 Å². The predicted molar refractivity (Wildman–Crippen MR) is 91.5 cm³/mol. The first kappa shape index (κ1) is 16.1. The molecule has 1 aromatic heterocycles. The number of amides is 1. The Morgan fingerprint density at radius 3 is 2.75 bits per heavy atom.